The second-order valence-corrected chi connectivity index (χ2v) is 5.61. The molecular formula is C13H29N3. The van der Waals surface area contributed by atoms with Gasteiger partial charge in [0.25, 0.3) is 0 Å². The lowest BCUT2D eigenvalue weighted by atomic mass is 9.73. The summed E-state index contributed by atoms with van der Waals surface area (Å²) in [6.07, 6.45) is 3.36. The van der Waals surface area contributed by atoms with Crippen molar-refractivity contribution in [2.24, 2.45) is 16.1 Å². The fourth-order valence-corrected chi connectivity index (χ4v) is 1.33. The Bertz CT molecular complexity index is 229. The first-order chi connectivity index (χ1) is 7.27. The molecule has 0 aromatic heterocycles. The normalized spacial score (nSPS) is 14.0. The lowest BCUT2D eigenvalue weighted by Crippen LogP contribution is -2.55. The summed E-state index contributed by atoms with van der Waals surface area (Å²) in [5, 5.41) is 3.33. The van der Waals surface area contributed by atoms with Gasteiger partial charge in [-0.2, -0.15) is 0 Å². The summed E-state index contributed by atoms with van der Waals surface area (Å²) >= 11 is 0. The highest BCUT2D eigenvalue weighted by Gasteiger charge is 2.35. The summed E-state index contributed by atoms with van der Waals surface area (Å²) in [4.78, 5) is 4.33. The van der Waals surface area contributed by atoms with Crippen molar-refractivity contribution in [2.75, 3.05) is 6.54 Å². The molecule has 0 saturated heterocycles. The molecular weight excluding hydrogens is 198 g/mol. The molecule has 16 heavy (non-hydrogen) atoms. The van der Waals surface area contributed by atoms with Crippen LogP contribution >= 0.6 is 0 Å². The van der Waals surface area contributed by atoms with Crippen LogP contribution in [0.25, 0.3) is 0 Å². The summed E-state index contributed by atoms with van der Waals surface area (Å²) in [7, 11) is 0. The molecule has 0 aliphatic rings. The standard InChI is InChI=1S/C13H29N3/c1-7-9-10-15-11(14)16-13(5,6)12(3,4)8-2/h7-10H2,1-6H3,(H3,14,15,16). The lowest BCUT2D eigenvalue weighted by molar-refractivity contribution is 0.171. The van der Waals surface area contributed by atoms with Crippen molar-refractivity contribution in [2.45, 2.75) is 66.3 Å². The minimum Gasteiger partial charge on any atom is -0.370 e. The molecule has 3 heteroatoms. The van der Waals surface area contributed by atoms with Gasteiger partial charge in [0.2, 0.25) is 0 Å². The van der Waals surface area contributed by atoms with Crippen molar-refractivity contribution in [1.29, 1.82) is 0 Å². The summed E-state index contributed by atoms with van der Waals surface area (Å²) in [6, 6.07) is 0. The van der Waals surface area contributed by atoms with Gasteiger partial charge in [-0.05, 0) is 32.1 Å². The Kier molecular flexibility index (Phi) is 5.84. The van der Waals surface area contributed by atoms with Gasteiger partial charge in [0.05, 0.1) is 0 Å². The molecule has 0 fully saturated rings. The Morgan fingerprint density at radius 1 is 1.19 bits per heavy atom. The van der Waals surface area contributed by atoms with Crippen LogP contribution in [0.4, 0.5) is 0 Å². The number of nitrogens with zero attached hydrogens (tertiary/aromatic N) is 1. The van der Waals surface area contributed by atoms with Crippen molar-refractivity contribution in [3.05, 3.63) is 0 Å². The Morgan fingerprint density at radius 3 is 2.19 bits per heavy atom. The third-order valence-corrected chi connectivity index (χ3v) is 3.81. The Balaban J connectivity index is 4.41. The molecule has 0 aromatic rings. The fraction of sp³-hybridized carbons (Fsp3) is 0.923. The van der Waals surface area contributed by atoms with Crippen molar-refractivity contribution >= 4 is 5.96 Å². The van der Waals surface area contributed by atoms with Crippen LogP contribution in [0.15, 0.2) is 4.99 Å². The summed E-state index contributed by atoms with van der Waals surface area (Å²) in [6.45, 7) is 14.0. The molecule has 0 aliphatic heterocycles. The molecule has 0 aromatic carbocycles. The van der Waals surface area contributed by atoms with Crippen LogP contribution in [-0.4, -0.2) is 18.0 Å². The highest BCUT2D eigenvalue weighted by Crippen LogP contribution is 2.33. The van der Waals surface area contributed by atoms with E-state index in [4.69, 9.17) is 5.73 Å². The van der Waals surface area contributed by atoms with Gasteiger partial charge < -0.3 is 11.1 Å². The van der Waals surface area contributed by atoms with E-state index in [2.05, 4.69) is 51.9 Å². The second-order valence-electron chi connectivity index (χ2n) is 5.61. The van der Waals surface area contributed by atoms with Crippen molar-refractivity contribution in [1.82, 2.24) is 5.32 Å². The Hall–Kier alpha value is -0.730. The zero-order valence-corrected chi connectivity index (χ0v) is 11.9. The number of hydrogen-bond acceptors (Lipinski definition) is 1. The van der Waals surface area contributed by atoms with Gasteiger partial charge in [-0.3, -0.25) is 4.99 Å². The first kappa shape index (κ1) is 15.3. The molecule has 0 rings (SSSR count). The number of aliphatic imine (C=N–C) groups is 1. The SMILES string of the molecule is CCCCN=C(N)NC(C)(C)C(C)(C)CC. The molecule has 3 N–H and O–H groups in total. The van der Waals surface area contributed by atoms with Crippen LogP contribution in [0.5, 0.6) is 0 Å². The molecule has 0 unspecified atom stereocenters. The molecule has 0 aliphatic carbocycles. The van der Waals surface area contributed by atoms with Gasteiger partial charge in [-0.15, -0.1) is 0 Å². The molecule has 0 bridgehead atoms. The molecule has 0 saturated carbocycles. The lowest BCUT2D eigenvalue weighted by Gasteiger charge is -2.42. The minimum absolute atomic E-state index is 0.0401. The predicted octanol–water partition coefficient (Wildman–Crippen LogP) is 2.91. The van der Waals surface area contributed by atoms with Crippen molar-refractivity contribution in [3.8, 4) is 0 Å². The predicted molar refractivity (Wildman–Crippen MR) is 72.7 cm³/mol. The van der Waals surface area contributed by atoms with Crippen LogP contribution in [0.3, 0.4) is 0 Å². The van der Waals surface area contributed by atoms with E-state index < -0.39 is 0 Å². The fourth-order valence-electron chi connectivity index (χ4n) is 1.33. The zero-order valence-electron chi connectivity index (χ0n) is 11.9. The summed E-state index contributed by atoms with van der Waals surface area (Å²) in [5.74, 6) is 0.569. The van der Waals surface area contributed by atoms with E-state index in [1.54, 1.807) is 0 Å². The first-order valence-corrected chi connectivity index (χ1v) is 6.35. The highest BCUT2D eigenvalue weighted by molar-refractivity contribution is 5.78. The van der Waals surface area contributed by atoms with E-state index >= 15 is 0 Å². The molecule has 96 valence electrons. The molecule has 0 spiro atoms. The maximum atomic E-state index is 5.89. The number of unbranched alkanes of at least 4 members (excludes halogenated alkanes) is 1. The quantitative estimate of drug-likeness (QED) is 0.416. The van der Waals surface area contributed by atoms with Crippen molar-refractivity contribution in [3.63, 3.8) is 0 Å². The van der Waals surface area contributed by atoms with E-state index in [-0.39, 0.29) is 11.0 Å². The molecule has 0 heterocycles. The number of guanidine groups is 1. The van der Waals surface area contributed by atoms with Gasteiger partial charge in [-0.1, -0.05) is 34.1 Å². The zero-order chi connectivity index (χ0) is 12.8. The van der Waals surface area contributed by atoms with E-state index in [1.165, 1.54) is 0 Å². The van der Waals surface area contributed by atoms with Gasteiger partial charge >= 0.3 is 0 Å². The monoisotopic (exact) mass is 227 g/mol. The van der Waals surface area contributed by atoms with E-state index in [9.17, 15) is 0 Å². The second kappa shape index (κ2) is 6.12. The van der Waals surface area contributed by atoms with Gasteiger partial charge in [0, 0.05) is 12.1 Å². The third-order valence-electron chi connectivity index (χ3n) is 3.81. The van der Waals surface area contributed by atoms with Gasteiger partial charge in [0.15, 0.2) is 5.96 Å². The van der Waals surface area contributed by atoms with Crippen LogP contribution in [0, 0.1) is 5.41 Å². The van der Waals surface area contributed by atoms with Crippen LogP contribution in [0.2, 0.25) is 0 Å². The number of nitrogens with one attached hydrogen (secondary N) is 1. The smallest absolute Gasteiger partial charge is 0.189 e. The largest absolute Gasteiger partial charge is 0.370 e. The van der Waals surface area contributed by atoms with E-state index in [0.29, 0.717) is 5.96 Å². The highest BCUT2D eigenvalue weighted by atomic mass is 15.1. The van der Waals surface area contributed by atoms with Crippen LogP contribution in [-0.2, 0) is 0 Å². The molecule has 0 amide bonds. The molecule has 0 radical (unpaired) electrons. The van der Waals surface area contributed by atoms with Crippen LogP contribution < -0.4 is 11.1 Å². The van der Waals surface area contributed by atoms with Gasteiger partial charge in [-0.25, -0.2) is 0 Å². The number of nitrogens with two attached hydrogens (primary N) is 1. The summed E-state index contributed by atoms with van der Waals surface area (Å²) < 4.78 is 0. The first-order valence-electron chi connectivity index (χ1n) is 6.35. The van der Waals surface area contributed by atoms with Gasteiger partial charge in [0.1, 0.15) is 0 Å². The Labute approximate surface area is 101 Å². The maximum Gasteiger partial charge on any atom is 0.189 e. The average molecular weight is 227 g/mol. The maximum absolute atomic E-state index is 5.89. The number of hydrogen-bond donors (Lipinski definition) is 2. The number of rotatable bonds is 6. The minimum atomic E-state index is -0.0401. The Morgan fingerprint density at radius 2 is 1.75 bits per heavy atom. The van der Waals surface area contributed by atoms with E-state index in [1.807, 2.05) is 0 Å². The van der Waals surface area contributed by atoms with Crippen LogP contribution in [0.1, 0.15) is 60.8 Å². The summed E-state index contributed by atoms with van der Waals surface area (Å²) in [5.41, 5.74) is 6.04. The van der Waals surface area contributed by atoms with Crippen molar-refractivity contribution < 1.29 is 0 Å². The van der Waals surface area contributed by atoms with E-state index in [0.717, 1.165) is 25.8 Å². The molecule has 0 atom stereocenters. The average Bonchev–Trinajstić information content (AvgIpc) is 2.17. The molecule has 3 nitrogen and oxygen atoms in total. The third kappa shape index (κ3) is 4.42. The topological polar surface area (TPSA) is 50.4 Å².